The first-order chi connectivity index (χ1) is 18.0. The van der Waals surface area contributed by atoms with Crippen molar-refractivity contribution in [2.75, 3.05) is 24.5 Å². The van der Waals surface area contributed by atoms with Gasteiger partial charge in [-0.25, -0.2) is 24.1 Å². The first-order valence-corrected chi connectivity index (χ1v) is 13.3. The molecule has 2 aliphatic rings. The number of rotatable bonds is 6. The molecule has 0 amide bonds. The molecule has 2 fully saturated rings. The third-order valence-electron chi connectivity index (χ3n) is 7.62. The molecule has 4 aromatic rings. The van der Waals surface area contributed by atoms with E-state index in [1.165, 1.54) is 18.8 Å². The molecular weight excluding hydrogens is 495 g/mol. The molecule has 9 nitrogen and oxygen atoms in total. The van der Waals surface area contributed by atoms with Crippen LogP contribution in [0.1, 0.15) is 44.3 Å². The number of hydrogen-bond acceptors (Lipinski definition) is 6. The summed E-state index contributed by atoms with van der Waals surface area (Å²) in [6.07, 6.45) is 7.74. The molecule has 0 spiro atoms. The molecule has 5 heterocycles. The summed E-state index contributed by atoms with van der Waals surface area (Å²) in [6, 6.07) is 5.20. The van der Waals surface area contributed by atoms with Crippen LogP contribution in [-0.4, -0.2) is 54.7 Å². The average Bonchev–Trinajstić information content (AvgIpc) is 3.64. The van der Waals surface area contributed by atoms with Gasteiger partial charge in [-0.2, -0.15) is 0 Å². The zero-order chi connectivity index (χ0) is 25.5. The fourth-order valence-electron chi connectivity index (χ4n) is 5.71. The molecule has 0 unspecified atom stereocenters. The number of imidazole rings is 2. The van der Waals surface area contributed by atoms with Crippen LogP contribution in [0.25, 0.3) is 22.4 Å². The van der Waals surface area contributed by atoms with Crippen LogP contribution in [0, 0.1) is 5.82 Å². The lowest BCUT2D eigenvalue weighted by Gasteiger charge is -2.33. The molecule has 194 valence electrons. The molecule has 6 rings (SSSR count). The van der Waals surface area contributed by atoms with E-state index in [4.69, 9.17) is 16.6 Å². The summed E-state index contributed by atoms with van der Waals surface area (Å²) in [5.41, 5.74) is 2.80. The number of benzene rings is 1. The minimum Gasteiger partial charge on any atom is -0.355 e. The smallest absolute Gasteiger partial charge is 0.327 e. The van der Waals surface area contributed by atoms with E-state index < -0.39 is 5.82 Å². The lowest BCUT2D eigenvalue weighted by Crippen LogP contribution is -2.35. The molecule has 1 atom stereocenters. The standard InChI is InChI=1S/C26H30ClFN8O/c1-2-36-22-23(33-26(36)37)30-15-31-25(22)34-10-7-16(8-11-34)24-32-21(17-5-6-20(28)19(27)12-17)14-35(24)13-18-4-3-9-29-18/h5-6,12,14-16,18,29H,2-4,7-11,13H2,1H3,(H,30,31,33,37)/t18-/m0/s1. The number of piperidine rings is 1. The van der Waals surface area contributed by atoms with E-state index in [1.54, 1.807) is 16.7 Å². The Balaban J connectivity index is 1.28. The van der Waals surface area contributed by atoms with Crippen molar-refractivity contribution in [1.29, 1.82) is 0 Å². The maximum atomic E-state index is 13.8. The van der Waals surface area contributed by atoms with Crippen LogP contribution in [0.5, 0.6) is 0 Å². The second kappa shape index (κ2) is 9.90. The Hall–Kier alpha value is -3.24. The summed E-state index contributed by atoms with van der Waals surface area (Å²) in [7, 11) is 0. The number of fused-ring (bicyclic) bond motifs is 1. The number of hydrogen-bond donors (Lipinski definition) is 2. The maximum Gasteiger partial charge on any atom is 0.327 e. The van der Waals surface area contributed by atoms with Crippen molar-refractivity contribution in [3.8, 4) is 11.3 Å². The van der Waals surface area contributed by atoms with Crippen LogP contribution >= 0.6 is 11.6 Å². The van der Waals surface area contributed by atoms with E-state index in [0.29, 0.717) is 18.2 Å². The molecule has 2 N–H and O–H groups in total. The van der Waals surface area contributed by atoms with Crippen LogP contribution in [-0.2, 0) is 13.1 Å². The van der Waals surface area contributed by atoms with Crippen LogP contribution in [0.15, 0.2) is 35.5 Å². The fraction of sp³-hybridized carbons (Fsp3) is 0.462. The van der Waals surface area contributed by atoms with Crippen molar-refractivity contribution in [3.05, 3.63) is 57.9 Å². The number of aromatic amines is 1. The van der Waals surface area contributed by atoms with Crippen molar-refractivity contribution >= 4 is 28.6 Å². The van der Waals surface area contributed by atoms with Gasteiger partial charge in [-0.3, -0.25) is 9.55 Å². The Morgan fingerprint density at radius 2 is 2.03 bits per heavy atom. The Morgan fingerprint density at radius 1 is 1.19 bits per heavy atom. The minimum atomic E-state index is -0.428. The number of nitrogens with zero attached hydrogens (tertiary/aromatic N) is 6. The van der Waals surface area contributed by atoms with Crippen LogP contribution in [0.3, 0.4) is 0 Å². The number of nitrogens with one attached hydrogen (secondary N) is 2. The van der Waals surface area contributed by atoms with Gasteiger partial charge in [-0.1, -0.05) is 11.6 Å². The first-order valence-electron chi connectivity index (χ1n) is 13.0. The summed E-state index contributed by atoms with van der Waals surface area (Å²) >= 11 is 6.08. The van der Waals surface area contributed by atoms with Gasteiger partial charge < -0.3 is 14.8 Å². The monoisotopic (exact) mass is 524 g/mol. The summed E-state index contributed by atoms with van der Waals surface area (Å²) < 4.78 is 17.8. The van der Waals surface area contributed by atoms with E-state index in [-0.39, 0.29) is 16.6 Å². The van der Waals surface area contributed by atoms with Crippen molar-refractivity contribution < 1.29 is 4.39 Å². The second-order valence-corrected chi connectivity index (χ2v) is 10.3. The third kappa shape index (κ3) is 4.53. The van der Waals surface area contributed by atoms with Gasteiger partial charge in [-0.05, 0) is 57.4 Å². The Morgan fingerprint density at radius 3 is 2.76 bits per heavy atom. The van der Waals surface area contributed by atoms with Gasteiger partial charge in [0.2, 0.25) is 0 Å². The molecule has 0 saturated carbocycles. The van der Waals surface area contributed by atoms with Gasteiger partial charge in [0, 0.05) is 49.9 Å². The second-order valence-electron chi connectivity index (χ2n) is 9.89. The van der Waals surface area contributed by atoms with E-state index in [9.17, 15) is 9.18 Å². The Labute approximate surface area is 218 Å². The normalized spacial score (nSPS) is 18.8. The molecule has 0 aliphatic carbocycles. The van der Waals surface area contributed by atoms with Gasteiger partial charge in [-0.15, -0.1) is 0 Å². The van der Waals surface area contributed by atoms with Crippen molar-refractivity contribution in [1.82, 2.24) is 34.4 Å². The van der Waals surface area contributed by atoms with E-state index >= 15 is 0 Å². The molecule has 3 aromatic heterocycles. The topological polar surface area (TPSA) is 96.7 Å². The first kappa shape index (κ1) is 24.1. The fourth-order valence-corrected chi connectivity index (χ4v) is 5.89. The lowest BCUT2D eigenvalue weighted by atomic mass is 9.95. The van der Waals surface area contributed by atoms with E-state index in [2.05, 4.69) is 35.9 Å². The van der Waals surface area contributed by atoms with Crippen LogP contribution in [0.4, 0.5) is 10.2 Å². The summed E-state index contributed by atoms with van der Waals surface area (Å²) in [5.74, 6) is 1.70. The number of aryl methyl sites for hydroxylation is 1. The van der Waals surface area contributed by atoms with Gasteiger partial charge in [0.05, 0.1) is 10.7 Å². The molecular formula is C26H30ClFN8O. The molecule has 11 heteroatoms. The Kier molecular flexibility index (Phi) is 6.46. The molecule has 1 aromatic carbocycles. The number of H-pyrrole nitrogens is 1. The summed E-state index contributed by atoms with van der Waals surface area (Å²) in [4.78, 5) is 31.3. The summed E-state index contributed by atoms with van der Waals surface area (Å²) in [6.45, 7) is 6.00. The number of anilines is 1. The third-order valence-corrected chi connectivity index (χ3v) is 7.91. The Bertz CT molecular complexity index is 1480. The predicted octanol–water partition coefficient (Wildman–Crippen LogP) is 3.93. The average molecular weight is 525 g/mol. The van der Waals surface area contributed by atoms with Crippen molar-refractivity contribution in [2.24, 2.45) is 0 Å². The van der Waals surface area contributed by atoms with Crippen LogP contribution in [0.2, 0.25) is 5.02 Å². The zero-order valence-corrected chi connectivity index (χ0v) is 21.5. The molecule has 0 bridgehead atoms. The highest BCUT2D eigenvalue weighted by molar-refractivity contribution is 6.31. The highest BCUT2D eigenvalue weighted by atomic mass is 35.5. The summed E-state index contributed by atoms with van der Waals surface area (Å²) in [5, 5.41) is 3.69. The molecule has 2 saturated heterocycles. The molecule has 2 aliphatic heterocycles. The van der Waals surface area contributed by atoms with Gasteiger partial charge in [0.1, 0.15) is 23.5 Å². The van der Waals surface area contributed by atoms with Crippen molar-refractivity contribution in [3.63, 3.8) is 0 Å². The quantitative estimate of drug-likeness (QED) is 0.397. The van der Waals surface area contributed by atoms with Gasteiger partial charge in [0.15, 0.2) is 11.5 Å². The van der Waals surface area contributed by atoms with Gasteiger partial charge >= 0.3 is 5.69 Å². The van der Waals surface area contributed by atoms with Crippen molar-refractivity contribution in [2.45, 2.75) is 57.7 Å². The molecule has 37 heavy (non-hydrogen) atoms. The number of halogens is 2. The largest absolute Gasteiger partial charge is 0.355 e. The van der Waals surface area contributed by atoms with Gasteiger partial charge in [0.25, 0.3) is 0 Å². The van der Waals surface area contributed by atoms with Crippen LogP contribution < -0.4 is 15.9 Å². The highest BCUT2D eigenvalue weighted by Gasteiger charge is 2.29. The van der Waals surface area contributed by atoms with E-state index in [1.807, 2.05) is 6.92 Å². The maximum absolute atomic E-state index is 13.8. The predicted molar refractivity (Wildman–Crippen MR) is 142 cm³/mol. The number of aromatic nitrogens is 6. The lowest BCUT2D eigenvalue weighted by molar-refractivity contribution is 0.438. The molecule has 0 radical (unpaired) electrons. The van der Waals surface area contributed by atoms with E-state index in [0.717, 1.165) is 73.9 Å². The highest BCUT2D eigenvalue weighted by Crippen LogP contribution is 2.34. The SMILES string of the molecule is CCn1c(=O)[nH]c2ncnc(N3CCC(c4nc(-c5ccc(F)c(Cl)c5)cn4C[C@@H]4CCCN4)CC3)c21. The minimum absolute atomic E-state index is 0.103. The zero-order valence-electron chi connectivity index (χ0n) is 20.8.